The SMILES string of the molecule is O=C(Cc1ccccc1)NCC(=O)OCC(=O)c1ccc(-c2ccccc2)cc1. The number of nitrogens with one attached hydrogen (secondary N) is 1. The van der Waals surface area contributed by atoms with Gasteiger partial charge in [0.1, 0.15) is 6.54 Å². The molecule has 0 saturated carbocycles. The van der Waals surface area contributed by atoms with E-state index in [4.69, 9.17) is 4.74 Å². The van der Waals surface area contributed by atoms with Crippen molar-refractivity contribution in [1.29, 1.82) is 0 Å². The molecule has 0 fully saturated rings. The van der Waals surface area contributed by atoms with Crippen molar-refractivity contribution in [2.24, 2.45) is 0 Å². The van der Waals surface area contributed by atoms with E-state index in [9.17, 15) is 14.4 Å². The predicted molar refractivity (Wildman–Crippen MR) is 110 cm³/mol. The molecule has 5 heteroatoms. The Morgan fingerprint density at radius 1 is 0.724 bits per heavy atom. The Morgan fingerprint density at radius 2 is 1.31 bits per heavy atom. The lowest BCUT2D eigenvalue weighted by atomic mass is 10.0. The fourth-order valence-electron chi connectivity index (χ4n) is 2.77. The molecule has 3 aromatic rings. The van der Waals surface area contributed by atoms with Crippen LogP contribution in [-0.4, -0.2) is 30.8 Å². The smallest absolute Gasteiger partial charge is 0.325 e. The van der Waals surface area contributed by atoms with Crippen molar-refractivity contribution in [3.8, 4) is 11.1 Å². The van der Waals surface area contributed by atoms with Gasteiger partial charge in [-0.05, 0) is 16.7 Å². The van der Waals surface area contributed by atoms with E-state index in [1.807, 2.05) is 72.8 Å². The van der Waals surface area contributed by atoms with Gasteiger partial charge in [0.15, 0.2) is 12.4 Å². The van der Waals surface area contributed by atoms with E-state index < -0.39 is 5.97 Å². The Morgan fingerprint density at radius 3 is 1.97 bits per heavy atom. The summed E-state index contributed by atoms with van der Waals surface area (Å²) in [6, 6.07) is 26.2. The second kappa shape index (κ2) is 9.99. The number of Topliss-reactive ketones (excluding diaryl/α,β-unsaturated/α-hetero) is 1. The number of carbonyl (C=O) groups excluding carboxylic acids is 3. The molecule has 0 unspecified atom stereocenters. The van der Waals surface area contributed by atoms with Gasteiger partial charge in [-0.15, -0.1) is 0 Å². The second-order valence-electron chi connectivity index (χ2n) is 6.47. The molecule has 5 nitrogen and oxygen atoms in total. The highest BCUT2D eigenvalue weighted by Crippen LogP contribution is 2.19. The molecule has 0 saturated heterocycles. The Labute approximate surface area is 169 Å². The minimum Gasteiger partial charge on any atom is -0.456 e. The van der Waals surface area contributed by atoms with Gasteiger partial charge in [0.25, 0.3) is 0 Å². The van der Waals surface area contributed by atoms with Gasteiger partial charge in [-0.25, -0.2) is 0 Å². The molecule has 1 N–H and O–H groups in total. The Hall–Kier alpha value is -3.73. The highest BCUT2D eigenvalue weighted by molar-refractivity contribution is 5.98. The van der Waals surface area contributed by atoms with Crippen molar-refractivity contribution < 1.29 is 19.1 Å². The van der Waals surface area contributed by atoms with Crippen molar-refractivity contribution in [2.45, 2.75) is 6.42 Å². The number of esters is 1. The first-order valence-electron chi connectivity index (χ1n) is 9.27. The van der Waals surface area contributed by atoms with Crippen LogP contribution in [0.5, 0.6) is 0 Å². The maximum absolute atomic E-state index is 12.2. The van der Waals surface area contributed by atoms with Crippen molar-refractivity contribution in [2.75, 3.05) is 13.2 Å². The molecule has 0 aliphatic carbocycles. The zero-order valence-corrected chi connectivity index (χ0v) is 15.8. The average Bonchev–Trinajstić information content (AvgIpc) is 2.77. The molecule has 0 aromatic heterocycles. The van der Waals surface area contributed by atoms with E-state index in [-0.39, 0.29) is 31.3 Å². The first-order chi connectivity index (χ1) is 14.1. The zero-order chi connectivity index (χ0) is 20.5. The van der Waals surface area contributed by atoms with Crippen LogP contribution in [0.2, 0.25) is 0 Å². The number of hydrogen-bond donors (Lipinski definition) is 1. The molecule has 0 aliphatic heterocycles. The van der Waals surface area contributed by atoms with E-state index in [2.05, 4.69) is 5.32 Å². The maximum atomic E-state index is 12.2. The molecule has 0 aliphatic rings. The van der Waals surface area contributed by atoms with Crippen molar-refractivity contribution >= 4 is 17.7 Å². The number of ketones is 1. The topological polar surface area (TPSA) is 72.5 Å². The fraction of sp³-hybridized carbons (Fsp3) is 0.125. The molecule has 1 amide bonds. The van der Waals surface area contributed by atoms with Gasteiger partial charge in [0.2, 0.25) is 5.91 Å². The third kappa shape index (κ3) is 6.14. The first-order valence-corrected chi connectivity index (χ1v) is 9.27. The lowest BCUT2D eigenvalue weighted by molar-refractivity contribution is -0.142. The van der Waals surface area contributed by atoms with Gasteiger partial charge in [-0.2, -0.15) is 0 Å². The lowest BCUT2D eigenvalue weighted by Gasteiger charge is -2.07. The summed E-state index contributed by atoms with van der Waals surface area (Å²) in [7, 11) is 0. The Bertz CT molecular complexity index is 967. The van der Waals surface area contributed by atoms with Gasteiger partial charge in [0.05, 0.1) is 6.42 Å². The summed E-state index contributed by atoms with van der Waals surface area (Å²) in [4.78, 5) is 35.8. The van der Waals surface area contributed by atoms with E-state index in [0.717, 1.165) is 16.7 Å². The maximum Gasteiger partial charge on any atom is 0.325 e. The van der Waals surface area contributed by atoms with E-state index in [1.54, 1.807) is 12.1 Å². The van der Waals surface area contributed by atoms with Crippen LogP contribution in [0.25, 0.3) is 11.1 Å². The van der Waals surface area contributed by atoms with E-state index in [0.29, 0.717) is 5.56 Å². The summed E-state index contributed by atoms with van der Waals surface area (Å²) in [6.07, 6.45) is 0.181. The third-order valence-electron chi connectivity index (χ3n) is 4.32. The minimum absolute atomic E-state index is 0.181. The highest BCUT2D eigenvalue weighted by Gasteiger charge is 2.12. The van der Waals surface area contributed by atoms with Crippen LogP contribution < -0.4 is 5.32 Å². The molecular formula is C24H21NO4. The van der Waals surface area contributed by atoms with Crippen LogP contribution in [0.3, 0.4) is 0 Å². The molecule has 0 radical (unpaired) electrons. The molecule has 0 heterocycles. The van der Waals surface area contributed by atoms with Crippen molar-refractivity contribution in [3.05, 3.63) is 96.1 Å². The van der Waals surface area contributed by atoms with Crippen molar-refractivity contribution in [3.63, 3.8) is 0 Å². The summed E-state index contributed by atoms with van der Waals surface area (Å²) in [5.41, 5.74) is 3.38. The zero-order valence-electron chi connectivity index (χ0n) is 15.8. The summed E-state index contributed by atoms with van der Waals surface area (Å²) in [5.74, 6) is -1.23. The van der Waals surface area contributed by atoms with Crippen LogP contribution in [0.15, 0.2) is 84.9 Å². The lowest BCUT2D eigenvalue weighted by Crippen LogP contribution is -2.32. The number of ether oxygens (including phenoxy) is 1. The monoisotopic (exact) mass is 387 g/mol. The predicted octanol–water partition coefficient (Wildman–Crippen LogP) is 3.44. The van der Waals surface area contributed by atoms with E-state index in [1.165, 1.54) is 0 Å². The first kappa shape index (κ1) is 20.0. The van der Waals surface area contributed by atoms with Gasteiger partial charge in [0, 0.05) is 5.56 Å². The van der Waals surface area contributed by atoms with E-state index >= 15 is 0 Å². The molecule has 0 bridgehead atoms. The van der Waals surface area contributed by atoms with Gasteiger partial charge in [-0.3, -0.25) is 14.4 Å². The number of hydrogen-bond acceptors (Lipinski definition) is 4. The minimum atomic E-state index is -0.652. The molecule has 0 spiro atoms. The Balaban J connectivity index is 1.43. The molecule has 3 aromatic carbocycles. The Kier molecular flexibility index (Phi) is 6.90. The number of benzene rings is 3. The number of carbonyl (C=O) groups is 3. The molecule has 29 heavy (non-hydrogen) atoms. The van der Waals surface area contributed by atoms with Crippen LogP contribution in [-0.2, 0) is 20.7 Å². The normalized spacial score (nSPS) is 10.2. The van der Waals surface area contributed by atoms with Crippen molar-refractivity contribution in [1.82, 2.24) is 5.32 Å². The molecule has 3 rings (SSSR count). The molecule has 0 atom stereocenters. The van der Waals surface area contributed by atoms with Crippen LogP contribution in [0.1, 0.15) is 15.9 Å². The highest BCUT2D eigenvalue weighted by atomic mass is 16.5. The third-order valence-corrected chi connectivity index (χ3v) is 4.32. The van der Waals surface area contributed by atoms with Gasteiger partial charge < -0.3 is 10.1 Å². The molecule has 146 valence electrons. The van der Waals surface area contributed by atoms with Crippen LogP contribution in [0, 0.1) is 0 Å². The quantitative estimate of drug-likeness (QED) is 0.475. The second-order valence-corrected chi connectivity index (χ2v) is 6.47. The summed E-state index contributed by atoms with van der Waals surface area (Å²) in [5, 5.41) is 2.50. The van der Waals surface area contributed by atoms with Gasteiger partial charge >= 0.3 is 5.97 Å². The molecular weight excluding hydrogens is 366 g/mol. The number of rotatable bonds is 8. The fourth-order valence-corrected chi connectivity index (χ4v) is 2.77. The largest absolute Gasteiger partial charge is 0.456 e. The average molecular weight is 387 g/mol. The summed E-state index contributed by atoms with van der Waals surface area (Å²) < 4.78 is 4.97. The summed E-state index contributed by atoms with van der Waals surface area (Å²) in [6.45, 7) is -0.635. The van der Waals surface area contributed by atoms with Crippen LogP contribution >= 0.6 is 0 Å². The standard InChI is InChI=1S/C24H21NO4/c26-22(21-13-11-20(12-14-21)19-9-5-2-6-10-19)17-29-24(28)16-25-23(27)15-18-7-3-1-4-8-18/h1-14H,15-17H2,(H,25,27). The number of amides is 1. The summed E-state index contributed by atoms with van der Waals surface area (Å²) >= 11 is 0. The van der Waals surface area contributed by atoms with Crippen LogP contribution in [0.4, 0.5) is 0 Å². The van der Waals surface area contributed by atoms with Gasteiger partial charge in [-0.1, -0.05) is 84.9 Å².